The molecule has 0 aromatic heterocycles. The van der Waals surface area contributed by atoms with E-state index in [2.05, 4.69) is 0 Å². The lowest BCUT2D eigenvalue weighted by molar-refractivity contribution is 0.0696. The molecular weight excluding hydrogens is 278 g/mol. The molecule has 0 aliphatic rings. The van der Waals surface area contributed by atoms with Gasteiger partial charge in [-0.2, -0.15) is 0 Å². The van der Waals surface area contributed by atoms with Crippen LogP contribution in [-0.2, 0) is 6.61 Å². The number of hydrogen-bond donors (Lipinski definition) is 1. The van der Waals surface area contributed by atoms with E-state index in [0.717, 1.165) is 12.1 Å². The Morgan fingerprint density at radius 3 is 2.29 bits per heavy atom. The van der Waals surface area contributed by atoms with Crippen molar-refractivity contribution in [3.8, 4) is 5.75 Å². The number of aromatic carboxylic acids is 1. The van der Waals surface area contributed by atoms with Gasteiger partial charge in [-0.25, -0.2) is 13.6 Å². The molecule has 5 heteroatoms. The normalized spacial score (nSPS) is 10.5. The van der Waals surface area contributed by atoms with Crippen molar-refractivity contribution >= 4 is 5.97 Å². The number of ether oxygens (including phenoxy) is 1. The van der Waals surface area contributed by atoms with Gasteiger partial charge in [0.1, 0.15) is 24.0 Å². The fourth-order valence-corrected chi connectivity index (χ4v) is 2.09. The number of carbonyl (C=O) groups is 1. The number of benzene rings is 2. The van der Waals surface area contributed by atoms with Gasteiger partial charge in [0.05, 0.1) is 5.56 Å². The second-order valence-electron chi connectivity index (χ2n) is 4.77. The molecule has 0 aliphatic carbocycles. The van der Waals surface area contributed by atoms with Gasteiger partial charge in [-0.15, -0.1) is 0 Å². The van der Waals surface area contributed by atoms with E-state index < -0.39 is 17.6 Å². The highest BCUT2D eigenvalue weighted by Crippen LogP contribution is 2.26. The molecule has 3 nitrogen and oxygen atoms in total. The van der Waals surface area contributed by atoms with E-state index in [0.29, 0.717) is 16.9 Å². The highest BCUT2D eigenvalue weighted by atomic mass is 19.1. The maximum absolute atomic E-state index is 13.5. The third-order valence-corrected chi connectivity index (χ3v) is 3.09. The molecule has 0 radical (unpaired) electrons. The molecule has 0 fully saturated rings. The third kappa shape index (κ3) is 3.37. The van der Waals surface area contributed by atoms with E-state index in [9.17, 15) is 13.6 Å². The maximum atomic E-state index is 13.5. The molecule has 0 bridgehead atoms. The molecule has 2 aromatic carbocycles. The van der Waals surface area contributed by atoms with Crippen molar-refractivity contribution in [2.45, 2.75) is 20.5 Å². The summed E-state index contributed by atoms with van der Waals surface area (Å²) in [4.78, 5) is 10.9. The average Bonchev–Trinajstić information content (AvgIpc) is 2.39. The minimum absolute atomic E-state index is 0.0553. The van der Waals surface area contributed by atoms with Gasteiger partial charge in [-0.05, 0) is 49.2 Å². The fourth-order valence-electron chi connectivity index (χ4n) is 2.09. The number of aryl methyl sites for hydroxylation is 2. The van der Waals surface area contributed by atoms with E-state index in [1.54, 1.807) is 13.8 Å². The number of carboxylic acid groups (broad SMARTS) is 1. The van der Waals surface area contributed by atoms with E-state index in [1.165, 1.54) is 18.2 Å². The molecule has 0 unspecified atom stereocenters. The summed E-state index contributed by atoms with van der Waals surface area (Å²) in [6.07, 6.45) is 0. The zero-order valence-electron chi connectivity index (χ0n) is 11.6. The van der Waals surface area contributed by atoms with Crippen LogP contribution in [0.25, 0.3) is 0 Å². The Balaban J connectivity index is 2.22. The Kier molecular flexibility index (Phi) is 4.21. The van der Waals surface area contributed by atoms with Gasteiger partial charge in [0.25, 0.3) is 0 Å². The first kappa shape index (κ1) is 15.0. The summed E-state index contributed by atoms with van der Waals surface area (Å²) in [5.41, 5.74) is 1.70. The van der Waals surface area contributed by atoms with Crippen LogP contribution in [-0.4, -0.2) is 11.1 Å². The van der Waals surface area contributed by atoms with Crippen LogP contribution < -0.4 is 4.74 Å². The fraction of sp³-hybridized carbons (Fsp3) is 0.188. The first-order valence-corrected chi connectivity index (χ1v) is 6.29. The molecule has 0 atom stereocenters. The molecule has 2 aromatic rings. The molecule has 0 heterocycles. The van der Waals surface area contributed by atoms with Crippen molar-refractivity contribution in [2.24, 2.45) is 0 Å². The summed E-state index contributed by atoms with van der Waals surface area (Å²) in [5.74, 6) is -1.83. The molecule has 110 valence electrons. The van der Waals surface area contributed by atoms with Crippen molar-refractivity contribution in [2.75, 3.05) is 0 Å². The second kappa shape index (κ2) is 5.91. The smallest absolute Gasteiger partial charge is 0.335 e. The van der Waals surface area contributed by atoms with E-state index in [4.69, 9.17) is 9.84 Å². The van der Waals surface area contributed by atoms with Crippen LogP contribution in [0.2, 0.25) is 0 Å². The molecule has 0 amide bonds. The Hall–Kier alpha value is -2.43. The molecule has 0 aliphatic heterocycles. The molecular formula is C16H14F2O3. The predicted molar refractivity (Wildman–Crippen MR) is 73.6 cm³/mol. The van der Waals surface area contributed by atoms with Crippen molar-refractivity contribution < 1.29 is 23.4 Å². The van der Waals surface area contributed by atoms with Gasteiger partial charge in [0, 0.05) is 11.6 Å². The first-order valence-electron chi connectivity index (χ1n) is 6.29. The van der Waals surface area contributed by atoms with E-state index in [1.807, 2.05) is 0 Å². The first-order chi connectivity index (χ1) is 9.88. The second-order valence-corrected chi connectivity index (χ2v) is 4.77. The van der Waals surface area contributed by atoms with Crippen molar-refractivity contribution in [3.63, 3.8) is 0 Å². The Morgan fingerprint density at radius 1 is 1.14 bits per heavy atom. The topological polar surface area (TPSA) is 46.5 Å². The summed E-state index contributed by atoms with van der Waals surface area (Å²) in [6, 6.07) is 6.26. The van der Waals surface area contributed by atoms with Crippen LogP contribution >= 0.6 is 0 Å². The van der Waals surface area contributed by atoms with Gasteiger partial charge >= 0.3 is 5.97 Å². The van der Waals surface area contributed by atoms with Crippen molar-refractivity contribution in [1.29, 1.82) is 0 Å². The third-order valence-electron chi connectivity index (χ3n) is 3.09. The van der Waals surface area contributed by atoms with Crippen LogP contribution in [0.3, 0.4) is 0 Å². The minimum atomic E-state index is -1.02. The average molecular weight is 292 g/mol. The maximum Gasteiger partial charge on any atom is 0.335 e. The van der Waals surface area contributed by atoms with Crippen LogP contribution in [0, 0.1) is 25.5 Å². The van der Waals surface area contributed by atoms with Crippen molar-refractivity contribution in [3.05, 3.63) is 64.2 Å². The van der Waals surface area contributed by atoms with Gasteiger partial charge in [0.15, 0.2) is 0 Å². The summed E-state index contributed by atoms with van der Waals surface area (Å²) in [6.45, 7) is 3.38. The summed E-state index contributed by atoms with van der Waals surface area (Å²) >= 11 is 0. The molecule has 2 rings (SSSR count). The van der Waals surface area contributed by atoms with Crippen molar-refractivity contribution in [1.82, 2.24) is 0 Å². The molecule has 1 N–H and O–H groups in total. The SMILES string of the molecule is Cc1cc(C(=O)O)cc(C)c1OCc1ccc(F)cc1F. The van der Waals surface area contributed by atoms with Crippen LogP contribution in [0.15, 0.2) is 30.3 Å². The van der Waals surface area contributed by atoms with Gasteiger partial charge < -0.3 is 9.84 Å². The summed E-state index contributed by atoms with van der Waals surface area (Å²) < 4.78 is 31.9. The quantitative estimate of drug-likeness (QED) is 0.930. The minimum Gasteiger partial charge on any atom is -0.488 e. The Labute approximate surface area is 120 Å². The zero-order valence-corrected chi connectivity index (χ0v) is 11.6. The van der Waals surface area contributed by atoms with Crippen LogP contribution in [0.5, 0.6) is 5.75 Å². The zero-order chi connectivity index (χ0) is 15.6. The highest BCUT2D eigenvalue weighted by Gasteiger charge is 2.12. The Morgan fingerprint density at radius 2 is 1.76 bits per heavy atom. The monoisotopic (exact) mass is 292 g/mol. The highest BCUT2D eigenvalue weighted by molar-refractivity contribution is 5.88. The Bertz CT molecular complexity index is 673. The molecule has 0 saturated carbocycles. The number of hydrogen-bond acceptors (Lipinski definition) is 2. The van der Waals surface area contributed by atoms with E-state index in [-0.39, 0.29) is 17.7 Å². The summed E-state index contributed by atoms with van der Waals surface area (Å²) in [7, 11) is 0. The number of halogens is 2. The lowest BCUT2D eigenvalue weighted by Crippen LogP contribution is -2.04. The molecule has 0 spiro atoms. The number of carboxylic acids is 1. The standard InChI is InChI=1S/C16H14F2O3/c1-9-5-12(16(19)20)6-10(2)15(9)21-8-11-3-4-13(17)7-14(11)18/h3-7H,8H2,1-2H3,(H,19,20). The van der Waals surface area contributed by atoms with Gasteiger partial charge in [-0.3, -0.25) is 0 Å². The lowest BCUT2D eigenvalue weighted by Gasteiger charge is -2.13. The molecule has 0 saturated heterocycles. The van der Waals surface area contributed by atoms with Crippen LogP contribution in [0.1, 0.15) is 27.0 Å². The van der Waals surface area contributed by atoms with Gasteiger partial charge in [0.2, 0.25) is 0 Å². The van der Waals surface area contributed by atoms with Gasteiger partial charge in [-0.1, -0.05) is 0 Å². The lowest BCUT2D eigenvalue weighted by atomic mass is 10.1. The summed E-state index contributed by atoms with van der Waals surface area (Å²) in [5, 5.41) is 8.97. The number of rotatable bonds is 4. The van der Waals surface area contributed by atoms with E-state index >= 15 is 0 Å². The van der Waals surface area contributed by atoms with Crippen LogP contribution in [0.4, 0.5) is 8.78 Å². The largest absolute Gasteiger partial charge is 0.488 e. The molecule has 21 heavy (non-hydrogen) atoms. The predicted octanol–water partition coefficient (Wildman–Crippen LogP) is 3.86.